The van der Waals surface area contributed by atoms with E-state index in [9.17, 15) is 0 Å². The van der Waals surface area contributed by atoms with E-state index >= 15 is 0 Å². The molecule has 0 bridgehead atoms. The zero-order valence-corrected chi connectivity index (χ0v) is 7.95. The Morgan fingerprint density at radius 3 is 3.07 bits per heavy atom. The highest BCUT2D eigenvalue weighted by atomic mass is 16.3. The first-order chi connectivity index (χ1) is 6.83. The zero-order valence-electron chi connectivity index (χ0n) is 7.95. The lowest BCUT2D eigenvalue weighted by atomic mass is 10.1. The van der Waals surface area contributed by atoms with Crippen LogP contribution in [-0.4, -0.2) is 4.98 Å². The number of aryl methyl sites for hydroxylation is 1. The van der Waals surface area contributed by atoms with E-state index in [1.807, 2.05) is 24.3 Å². The molecule has 0 unspecified atom stereocenters. The minimum Gasteiger partial charge on any atom is -0.440 e. The summed E-state index contributed by atoms with van der Waals surface area (Å²) in [6.45, 7) is 2.09. The van der Waals surface area contributed by atoms with Gasteiger partial charge in [0.2, 0.25) is 5.89 Å². The Hall–Kier alpha value is -1.82. The van der Waals surface area contributed by atoms with Gasteiger partial charge in [0.25, 0.3) is 0 Å². The van der Waals surface area contributed by atoms with Crippen LogP contribution in [0, 0.1) is 11.3 Å². The summed E-state index contributed by atoms with van der Waals surface area (Å²) in [5.74, 6) is 0.496. The van der Waals surface area contributed by atoms with Crippen molar-refractivity contribution in [1.29, 1.82) is 5.26 Å². The maximum atomic E-state index is 8.50. The van der Waals surface area contributed by atoms with Crippen molar-refractivity contribution in [3.63, 3.8) is 0 Å². The summed E-state index contributed by atoms with van der Waals surface area (Å²) in [6, 6.07) is 7.95. The summed E-state index contributed by atoms with van der Waals surface area (Å²) in [7, 11) is 0. The van der Waals surface area contributed by atoms with Crippen molar-refractivity contribution < 1.29 is 4.42 Å². The van der Waals surface area contributed by atoms with E-state index in [1.54, 1.807) is 0 Å². The second-order valence-electron chi connectivity index (χ2n) is 3.10. The lowest BCUT2D eigenvalue weighted by Gasteiger charge is -1.92. The molecule has 1 aromatic heterocycles. The lowest BCUT2D eigenvalue weighted by molar-refractivity contribution is 0.548. The van der Waals surface area contributed by atoms with Crippen molar-refractivity contribution >= 4 is 11.1 Å². The fraction of sp³-hybridized carbons (Fsp3) is 0.273. The smallest absolute Gasteiger partial charge is 0.209 e. The Labute approximate surface area is 82.0 Å². The predicted molar refractivity (Wildman–Crippen MR) is 52.7 cm³/mol. The van der Waals surface area contributed by atoms with Crippen LogP contribution in [0.15, 0.2) is 22.6 Å². The van der Waals surface area contributed by atoms with Crippen molar-refractivity contribution in [3.8, 4) is 6.07 Å². The first-order valence-electron chi connectivity index (χ1n) is 4.58. The molecule has 2 rings (SSSR count). The normalized spacial score (nSPS) is 10.3. The molecule has 0 amide bonds. The molecule has 0 atom stereocenters. The Balaban J connectivity index is 2.50. The van der Waals surface area contributed by atoms with Gasteiger partial charge in [-0.1, -0.05) is 13.0 Å². The minimum absolute atomic E-state index is 0.232. The van der Waals surface area contributed by atoms with Gasteiger partial charge in [-0.15, -0.1) is 0 Å². The number of rotatable bonds is 2. The molecule has 2 aromatic rings. The van der Waals surface area contributed by atoms with Gasteiger partial charge in [0.05, 0.1) is 6.07 Å². The van der Waals surface area contributed by atoms with Crippen LogP contribution in [-0.2, 0) is 12.8 Å². The summed E-state index contributed by atoms with van der Waals surface area (Å²) < 4.78 is 5.42. The van der Waals surface area contributed by atoms with E-state index in [1.165, 1.54) is 5.56 Å². The third-order valence-electron chi connectivity index (χ3n) is 2.14. The Bertz CT molecular complexity index is 493. The Kier molecular flexibility index (Phi) is 2.19. The van der Waals surface area contributed by atoms with Gasteiger partial charge >= 0.3 is 0 Å². The molecule has 1 aromatic carbocycles. The first kappa shape index (κ1) is 8.76. The van der Waals surface area contributed by atoms with Crippen LogP contribution in [0.5, 0.6) is 0 Å². The third-order valence-corrected chi connectivity index (χ3v) is 2.14. The Morgan fingerprint density at radius 1 is 1.50 bits per heavy atom. The molecule has 14 heavy (non-hydrogen) atoms. The average molecular weight is 186 g/mol. The van der Waals surface area contributed by atoms with E-state index in [2.05, 4.69) is 11.9 Å². The molecule has 0 saturated heterocycles. The van der Waals surface area contributed by atoms with Crippen LogP contribution < -0.4 is 0 Å². The monoisotopic (exact) mass is 186 g/mol. The van der Waals surface area contributed by atoms with Crippen molar-refractivity contribution in [2.75, 3.05) is 0 Å². The molecule has 1 heterocycles. The van der Waals surface area contributed by atoms with E-state index in [0.717, 1.165) is 17.5 Å². The van der Waals surface area contributed by atoms with E-state index < -0.39 is 0 Å². The summed E-state index contributed by atoms with van der Waals surface area (Å²) >= 11 is 0. The van der Waals surface area contributed by atoms with Gasteiger partial charge in [-0.2, -0.15) is 5.26 Å². The van der Waals surface area contributed by atoms with Crippen molar-refractivity contribution in [2.24, 2.45) is 0 Å². The summed E-state index contributed by atoms with van der Waals surface area (Å²) in [6.07, 6.45) is 1.21. The fourth-order valence-corrected chi connectivity index (χ4v) is 1.38. The van der Waals surface area contributed by atoms with Gasteiger partial charge < -0.3 is 4.42 Å². The average Bonchev–Trinajstić information content (AvgIpc) is 2.59. The van der Waals surface area contributed by atoms with Gasteiger partial charge in [-0.05, 0) is 24.1 Å². The highest BCUT2D eigenvalue weighted by molar-refractivity contribution is 5.73. The third kappa shape index (κ3) is 1.47. The molecule has 3 heteroatoms. The summed E-state index contributed by atoms with van der Waals surface area (Å²) in [5.41, 5.74) is 2.82. The highest BCUT2D eigenvalue weighted by Crippen LogP contribution is 2.17. The number of benzene rings is 1. The molecule has 70 valence electrons. The van der Waals surface area contributed by atoms with Gasteiger partial charge in [0.1, 0.15) is 11.9 Å². The quantitative estimate of drug-likeness (QED) is 0.723. The Morgan fingerprint density at radius 2 is 2.36 bits per heavy atom. The number of hydrogen-bond acceptors (Lipinski definition) is 3. The maximum Gasteiger partial charge on any atom is 0.209 e. The second-order valence-corrected chi connectivity index (χ2v) is 3.10. The second kappa shape index (κ2) is 3.51. The summed E-state index contributed by atoms with van der Waals surface area (Å²) in [4.78, 5) is 4.19. The van der Waals surface area contributed by atoms with Crippen LogP contribution in [0.25, 0.3) is 11.1 Å². The zero-order chi connectivity index (χ0) is 9.97. The van der Waals surface area contributed by atoms with E-state index in [0.29, 0.717) is 5.89 Å². The molecule has 0 fully saturated rings. The lowest BCUT2D eigenvalue weighted by Crippen LogP contribution is -1.78. The van der Waals surface area contributed by atoms with Crippen LogP contribution in [0.3, 0.4) is 0 Å². The molecule has 3 nitrogen and oxygen atoms in total. The number of oxazole rings is 1. The number of aromatic nitrogens is 1. The van der Waals surface area contributed by atoms with Gasteiger partial charge in [0.15, 0.2) is 5.58 Å². The molecular weight excluding hydrogens is 176 g/mol. The van der Waals surface area contributed by atoms with Crippen LogP contribution in [0.2, 0.25) is 0 Å². The molecule has 0 aliphatic rings. The van der Waals surface area contributed by atoms with Gasteiger partial charge in [0, 0.05) is 0 Å². The molecule has 0 saturated carbocycles. The highest BCUT2D eigenvalue weighted by Gasteiger charge is 2.04. The largest absolute Gasteiger partial charge is 0.440 e. The summed E-state index contributed by atoms with van der Waals surface area (Å²) in [5, 5.41) is 8.50. The molecule has 0 N–H and O–H groups in total. The molecule has 0 aliphatic carbocycles. The van der Waals surface area contributed by atoms with Crippen molar-refractivity contribution in [1.82, 2.24) is 4.98 Å². The standard InChI is InChI=1S/C11H10N2O/c1-2-8-3-4-9-10(7-8)14-11(13-9)5-6-12/h3-4,7H,2,5H2,1H3. The number of fused-ring (bicyclic) bond motifs is 1. The van der Waals surface area contributed by atoms with Crippen LogP contribution >= 0.6 is 0 Å². The van der Waals surface area contributed by atoms with Gasteiger partial charge in [-0.25, -0.2) is 4.98 Å². The van der Waals surface area contributed by atoms with Crippen LogP contribution in [0.1, 0.15) is 18.4 Å². The number of hydrogen-bond donors (Lipinski definition) is 0. The van der Waals surface area contributed by atoms with Crippen molar-refractivity contribution in [3.05, 3.63) is 29.7 Å². The number of nitrogens with zero attached hydrogens (tertiary/aromatic N) is 2. The van der Waals surface area contributed by atoms with Crippen molar-refractivity contribution in [2.45, 2.75) is 19.8 Å². The molecule has 0 aliphatic heterocycles. The van der Waals surface area contributed by atoms with E-state index in [4.69, 9.17) is 9.68 Å². The fourth-order valence-electron chi connectivity index (χ4n) is 1.38. The number of nitriles is 1. The van der Waals surface area contributed by atoms with Gasteiger partial charge in [-0.3, -0.25) is 0 Å². The molecule has 0 radical (unpaired) electrons. The van der Waals surface area contributed by atoms with Crippen LogP contribution in [0.4, 0.5) is 0 Å². The topological polar surface area (TPSA) is 49.8 Å². The SMILES string of the molecule is CCc1ccc2nc(CC#N)oc2c1. The molecular formula is C11H10N2O. The minimum atomic E-state index is 0.232. The maximum absolute atomic E-state index is 8.50. The van der Waals surface area contributed by atoms with E-state index in [-0.39, 0.29) is 6.42 Å². The molecule has 0 spiro atoms. The first-order valence-corrected chi connectivity index (χ1v) is 4.58. The predicted octanol–water partition coefficient (Wildman–Crippen LogP) is 2.46.